The van der Waals surface area contributed by atoms with Gasteiger partial charge in [0.2, 0.25) is 0 Å². The van der Waals surface area contributed by atoms with Crippen molar-refractivity contribution in [3.8, 4) is 11.8 Å². The SMILES string of the molecule is CCC(C)Nc1ccc(OCCCN2C(S)N(c3ccc(C#N)c(C(F)(F)F)c3)C(O)C2(C)C)cc1. The quantitative estimate of drug-likeness (QED) is 0.290. The third kappa shape index (κ3) is 6.02. The van der Waals surface area contributed by atoms with E-state index in [0.717, 1.165) is 30.0 Å². The maximum Gasteiger partial charge on any atom is 0.417 e. The number of benzene rings is 2. The number of nitriles is 1. The molecule has 3 atom stereocenters. The maximum atomic E-state index is 13.5. The fourth-order valence-corrected chi connectivity index (χ4v) is 4.90. The number of anilines is 2. The number of alkyl halides is 3. The summed E-state index contributed by atoms with van der Waals surface area (Å²) in [6.45, 7) is 8.81. The highest BCUT2D eigenvalue weighted by Crippen LogP contribution is 2.42. The van der Waals surface area contributed by atoms with E-state index in [2.05, 4.69) is 31.8 Å². The highest BCUT2D eigenvalue weighted by Gasteiger charge is 2.50. The minimum absolute atomic E-state index is 0.145. The van der Waals surface area contributed by atoms with E-state index in [1.807, 2.05) is 43.0 Å². The Hall–Kier alpha value is -2.61. The van der Waals surface area contributed by atoms with Crippen molar-refractivity contribution in [3.05, 3.63) is 53.6 Å². The largest absolute Gasteiger partial charge is 0.494 e. The number of hydrogen-bond acceptors (Lipinski definition) is 7. The average molecular weight is 523 g/mol. The number of aliphatic hydroxyl groups is 1. The van der Waals surface area contributed by atoms with Crippen molar-refractivity contribution in [3.63, 3.8) is 0 Å². The fraction of sp³-hybridized carbons (Fsp3) is 0.500. The molecule has 0 amide bonds. The summed E-state index contributed by atoms with van der Waals surface area (Å²) in [6, 6.07) is 13.1. The van der Waals surface area contributed by atoms with E-state index in [9.17, 15) is 18.3 Å². The number of rotatable bonds is 9. The van der Waals surface area contributed by atoms with E-state index in [1.165, 1.54) is 11.0 Å². The second-order valence-electron chi connectivity index (χ2n) is 9.49. The molecule has 0 radical (unpaired) electrons. The second kappa shape index (κ2) is 11.2. The number of hydrogen-bond donors (Lipinski definition) is 3. The van der Waals surface area contributed by atoms with Crippen molar-refractivity contribution in [2.75, 3.05) is 23.4 Å². The van der Waals surface area contributed by atoms with Gasteiger partial charge in [-0.05, 0) is 76.1 Å². The van der Waals surface area contributed by atoms with Gasteiger partial charge in [0.05, 0.1) is 29.3 Å². The van der Waals surface area contributed by atoms with Crippen LogP contribution in [0, 0.1) is 11.3 Å². The minimum Gasteiger partial charge on any atom is -0.494 e. The van der Waals surface area contributed by atoms with E-state index in [4.69, 9.17) is 10.00 Å². The molecule has 6 nitrogen and oxygen atoms in total. The third-order valence-electron chi connectivity index (χ3n) is 6.58. The summed E-state index contributed by atoms with van der Waals surface area (Å²) in [4.78, 5) is 3.36. The van der Waals surface area contributed by atoms with Gasteiger partial charge in [0.25, 0.3) is 0 Å². The van der Waals surface area contributed by atoms with Gasteiger partial charge in [-0.2, -0.15) is 18.4 Å². The summed E-state index contributed by atoms with van der Waals surface area (Å²) in [5.74, 6) is 0.742. The van der Waals surface area contributed by atoms with Crippen LogP contribution in [0.15, 0.2) is 42.5 Å². The lowest BCUT2D eigenvalue weighted by atomic mass is 10.0. The van der Waals surface area contributed by atoms with E-state index in [1.54, 1.807) is 6.07 Å². The van der Waals surface area contributed by atoms with Crippen LogP contribution >= 0.6 is 12.6 Å². The smallest absolute Gasteiger partial charge is 0.417 e. The molecule has 1 aliphatic rings. The van der Waals surface area contributed by atoms with Gasteiger partial charge in [-0.15, -0.1) is 12.6 Å². The van der Waals surface area contributed by atoms with E-state index < -0.39 is 34.6 Å². The first-order valence-corrected chi connectivity index (χ1v) is 12.4. The Balaban J connectivity index is 1.65. The van der Waals surface area contributed by atoms with Crippen LogP contribution in [0.4, 0.5) is 24.5 Å². The monoisotopic (exact) mass is 522 g/mol. The lowest BCUT2D eigenvalue weighted by Gasteiger charge is -2.33. The predicted molar refractivity (Wildman–Crippen MR) is 138 cm³/mol. The average Bonchev–Trinajstić information content (AvgIpc) is 3.00. The van der Waals surface area contributed by atoms with Crippen LogP contribution in [0.5, 0.6) is 5.75 Å². The number of thiol groups is 1. The van der Waals surface area contributed by atoms with Crippen LogP contribution in [-0.2, 0) is 6.18 Å². The zero-order chi connectivity index (χ0) is 26.7. The molecule has 10 heteroatoms. The maximum absolute atomic E-state index is 13.5. The van der Waals surface area contributed by atoms with Crippen molar-refractivity contribution in [2.45, 2.75) is 70.0 Å². The van der Waals surface area contributed by atoms with Crippen molar-refractivity contribution < 1.29 is 23.0 Å². The van der Waals surface area contributed by atoms with Gasteiger partial charge in [0, 0.05) is 24.0 Å². The number of ether oxygens (including phenoxy) is 1. The summed E-state index contributed by atoms with van der Waals surface area (Å²) in [5.41, 5.74) is -1.79. The topological polar surface area (TPSA) is 71.8 Å². The first-order chi connectivity index (χ1) is 16.9. The van der Waals surface area contributed by atoms with Gasteiger partial charge in [-0.3, -0.25) is 4.90 Å². The van der Waals surface area contributed by atoms with Crippen molar-refractivity contribution in [1.29, 1.82) is 5.26 Å². The van der Waals surface area contributed by atoms with Gasteiger partial charge in [-0.1, -0.05) is 6.92 Å². The molecule has 2 aromatic carbocycles. The highest BCUT2D eigenvalue weighted by molar-refractivity contribution is 7.81. The molecule has 0 aliphatic carbocycles. The van der Waals surface area contributed by atoms with Crippen LogP contribution in [0.1, 0.15) is 51.7 Å². The molecular formula is C26H33F3N4O2S. The van der Waals surface area contributed by atoms with Gasteiger partial charge in [0.15, 0.2) is 0 Å². The van der Waals surface area contributed by atoms with E-state index in [-0.39, 0.29) is 5.69 Å². The zero-order valence-electron chi connectivity index (χ0n) is 20.9. The minimum atomic E-state index is -4.69. The van der Waals surface area contributed by atoms with Crippen LogP contribution in [0.2, 0.25) is 0 Å². The molecule has 2 aromatic rings. The Bertz CT molecular complexity index is 1070. The Morgan fingerprint density at radius 2 is 1.89 bits per heavy atom. The number of aliphatic hydroxyl groups excluding tert-OH is 1. The lowest BCUT2D eigenvalue weighted by molar-refractivity contribution is -0.137. The lowest BCUT2D eigenvalue weighted by Crippen LogP contribution is -2.47. The standard InChI is InChI=1S/C26H33F3N4O2S/c1-5-17(2)31-19-8-11-21(12-9-19)35-14-6-13-32-24(36)33(23(34)25(32,3)4)20-10-7-18(16-30)22(15-20)26(27,28)29/h7-12,15,17,23-24,31,34,36H,5-6,13-14H2,1-4H3. The van der Waals surface area contributed by atoms with Crippen molar-refractivity contribution >= 4 is 24.0 Å². The zero-order valence-corrected chi connectivity index (χ0v) is 21.8. The molecule has 0 bridgehead atoms. The Morgan fingerprint density at radius 3 is 2.47 bits per heavy atom. The van der Waals surface area contributed by atoms with E-state index in [0.29, 0.717) is 25.6 Å². The van der Waals surface area contributed by atoms with Gasteiger partial charge >= 0.3 is 6.18 Å². The molecule has 1 heterocycles. The molecule has 36 heavy (non-hydrogen) atoms. The van der Waals surface area contributed by atoms with Crippen molar-refractivity contribution in [2.24, 2.45) is 0 Å². The molecule has 3 unspecified atom stereocenters. The summed E-state index contributed by atoms with van der Waals surface area (Å²) >= 11 is 4.64. The van der Waals surface area contributed by atoms with E-state index >= 15 is 0 Å². The Morgan fingerprint density at radius 1 is 1.22 bits per heavy atom. The summed E-state index contributed by atoms with van der Waals surface area (Å²) < 4.78 is 46.3. The number of nitrogens with zero attached hydrogens (tertiary/aromatic N) is 3. The molecule has 0 saturated carbocycles. The molecule has 2 N–H and O–H groups in total. The summed E-state index contributed by atoms with van der Waals surface area (Å²) in [7, 11) is 0. The normalized spacial score (nSPS) is 20.7. The van der Waals surface area contributed by atoms with Gasteiger partial charge in [0.1, 0.15) is 17.5 Å². The first-order valence-electron chi connectivity index (χ1n) is 11.9. The molecule has 1 aliphatic heterocycles. The molecular weight excluding hydrogens is 489 g/mol. The van der Waals surface area contributed by atoms with Crippen LogP contribution in [0.3, 0.4) is 0 Å². The number of halogens is 3. The third-order valence-corrected chi connectivity index (χ3v) is 7.11. The van der Waals surface area contributed by atoms with Gasteiger partial charge in [-0.25, -0.2) is 0 Å². The van der Waals surface area contributed by atoms with Crippen LogP contribution in [-0.4, -0.2) is 46.5 Å². The molecule has 196 valence electrons. The molecule has 0 spiro atoms. The molecule has 1 saturated heterocycles. The Labute approximate surface area is 216 Å². The molecule has 3 rings (SSSR count). The summed E-state index contributed by atoms with van der Waals surface area (Å²) in [6.07, 6.45) is -4.15. The summed E-state index contributed by atoms with van der Waals surface area (Å²) in [5, 5.41) is 23.5. The fourth-order valence-electron chi connectivity index (χ4n) is 4.22. The Kier molecular flexibility index (Phi) is 8.70. The highest BCUT2D eigenvalue weighted by atomic mass is 32.1. The van der Waals surface area contributed by atoms with Gasteiger partial charge < -0.3 is 20.1 Å². The molecule has 0 aromatic heterocycles. The predicted octanol–water partition coefficient (Wildman–Crippen LogP) is 5.69. The first kappa shape index (κ1) is 28.0. The molecule has 1 fully saturated rings. The van der Waals surface area contributed by atoms with Crippen LogP contribution in [0.25, 0.3) is 0 Å². The second-order valence-corrected chi connectivity index (χ2v) is 9.96. The number of nitrogens with one attached hydrogen (secondary N) is 1. The van der Waals surface area contributed by atoms with Crippen LogP contribution < -0.4 is 15.0 Å². The van der Waals surface area contributed by atoms with Crippen molar-refractivity contribution in [1.82, 2.24) is 4.90 Å².